The van der Waals surface area contributed by atoms with E-state index in [2.05, 4.69) is 19.5 Å². The molecule has 11 heavy (non-hydrogen) atoms. The molecule has 5 nitrogen and oxygen atoms in total. The van der Waals surface area contributed by atoms with E-state index in [1.165, 1.54) is 20.4 Å². The molecule has 64 valence electrons. The molecule has 0 radical (unpaired) electrons. The van der Waals surface area contributed by atoms with Crippen molar-refractivity contribution in [1.82, 2.24) is 0 Å². The molecule has 0 aromatic carbocycles. The fourth-order valence-corrected chi connectivity index (χ4v) is 0.307. The van der Waals surface area contributed by atoms with Crippen molar-refractivity contribution in [1.29, 1.82) is 0 Å². The summed E-state index contributed by atoms with van der Waals surface area (Å²) in [5.41, 5.74) is 0. The summed E-state index contributed by atoms with van der Waals surface area (Å²) in [6.45, 7) is 0.192. The van der Waals surface area contributed by atoms with E-state index >= 15 is 0 Å². The van der Waals surface area contributed by atoms with Crippen LogP contribution in [0.4, 0.5) is 0 Å². The minimum Gasteiger partial charge on any atom is -0.466 e. The van der Waals surface area contributed by atoms with E-state index in [1.807, 2.05) is 0 Å². The fourth-order valence-electron chi connectivity index (χ4n) is 0.307. The highest BCUT2D eigenvalue weighted by Crippen LogP contribution is 1.78. The highest BCUT2D eigenvalue weighted by atomic mass is 16.6. The molecular formula is C6H11NO4. The third-order valence-electron chi connectivity index (χ3n) is 0.800. The molecule has 0 aromatic rings. The van der Waals surface area contributed by atoms with E-state index in [0.29, 0.717) is 6.61 Å². The third kappa shape index (κ3) is 6.79. The van der Waals surface area contributed by atoms with E-state index in [-0.39, 0.29) is 6.61 Å². The zero-order chi connectivity index (χ0) is 8.53. The molecule has 0 aromatic heterocycles. The van der Waals surface area contributed by atoms with Gasteiger partial charge in [0, 0.05) is 7.11 Å². The van der Waals surface area contributed by atoms with Crippen LogP contribution in [0, 0.1) is 0 Å². The van der Waals surface area contributed by atoms with E-state index in [1.54, 1.807) is 0 Å². The molecule has 0 bridgehead atoms. The van der Waals surface area contributed by atoms with Crippen LogP contribution in [0.3, 0.4) is 0 Å². The Hall–Kier alpha value is -1.10. The molecule has 0 saturated heterocycles. The second kappa shape index (κ2) is 7.01. The van der Waals surface area contributed by atoms with Crippen molar-refractivity contribution in [3.63, 3.8) is 0 Å². The van der Waals surface area contributed by atoms with Crippen molar-refractivity contribution in [2.24, 2.45) is 5.16 Å². The largest absolute Gasteiger partial charge is 0.466 e. The molecule has 0 N–H and O–H groups in total. The maximum Gasteiger partial charge on any atom is 0.346 e. The Labute approximate surface area is 64.9 Å². The van der Waals surface area contributed by atoms with E-state index in [0.717, 1.165) is 0 Å². The summed E-state index contributed by atoms with van der Waals surface area (Å²) in [5, 5.41) is 3.40. The molecule has 0 aliphatic rings. The maximum atomic E-state index is 10.4. The summed E-state index contributed by atoms with van der Waals surface area (Å²) >= 11 is 0. The van der Waals surface area contributed by atoms with E-state index < -0.39 is 5.97 Å². The summed E-state index contributed by atoms with van der Waals surface area (Å²) in [6, 6.07) is 0. The molecule has 0 aliphatic carbocycles. The number of nitrogens with zero attached hydrogens (tertiary/aromatic N) is 1. The molecule has 0 saturated carbocycles. The van der Waals surface area contributed by atoms with Gasteiger partial charge in [-0.15, -0.1) is 0 Å². The number of rotatable bonds is 5. The smallest absolute Gasteiger partial charge is 0.346 e. The molecule has 0 fully saturated rings. The number of oxime groups is 1. The summed E-state index contributed by atoms with van der Waals surface area (Å²) < 4.78 is 8.92. The number of carbonyl (C=O) groups excluding carboxylic acids is 1. The molecule has 0 aliphatic heterocycles. The number of ether oxygens (including phenoxy) is 2. The van der Waals surface area contributed by atoms with Crippen LogP contribution in [0.5, 0.6) is 0 Å². The van der Waals surface area contributed by atoms with E-state index in [9.17, 15) is 4.79 Å². The lowest BCUT2D eigenvalue weighted by Crippen LogP contribution is -2.07. The minimum absolute atomic E-state index is 0.170. The van der Waals surface area contributed by atoms with Crippen LogP contribution < -0.4 is 0 Å². The Balaban J connectivity index is 3.19. The van der Waals surface area contributed by atoms with Crippen LogP contribution >= 0.6 is 0 Å². The number of esters is 1. The van der Waals surface area contributed by atoms with Gasteiger partial charge in [-0.25, -0.2) is 4.79 Å². The molecule has 0 spiro atoms. The monoisotopic (exact) mass is 161 g/mol. The Kier molecular flexibility index (Phi) is 6.31. The summed E-state index contributed by atoms with van der Waals surface area (Å²) in [5.74, 6) is -0.459. The number of carbonyl (C=O) groups is 1. The van der Waals surface area contributed by atoms with Gasteiger partial charge < -0.3 is 14.3 Å². The van der Waals surface area contributed by atoms with Gasteiger partial charge in [0.1, 0.15) is 0 Å². The lowest BCUT2D eigenvalue weighted by atomic mass is 10.7. The van der Waals surface area contributed by atoms with Gasteiger partial charge in [0.2, 0.25) is 6.61 Å². The lowest BCUT2D eigenvalue weighted by Gasteiger charge is -1.95. The van der Waals surface area contributed by atoms with Crippen LogP contribution in [-0.4, -0.2) is 39.6 Å². The molecular weight excluding hydrogens is 150 g/mol. The quantitative estimate of drug-likeness (QED) is 0.318. The molecule has 5 heteroatoms. The second-order valence-electron chi connectivity index (χ2n) is 1.59. The van der Waals surface area contributed by atoms with Gasteiger partial charge in [0.25, 0.3) is 0 Å². The van der Waals surface area contributed by atoms with Crippen molar-refractivity contribution >= 4 is 12.2 Å². The van der Waals surface area contributed by atoms with Crippen LogP contribution in [0.2, 0.25) is 0 Å². The zero-order valence-electron chi connectivity index (χ0n) is 6.57. The molecule has 0 rings (SSSR count). The second-order valence-corrected chi connectivity index (χ2v) is 1.59. The first-order valence-electron chi connectivity index (χ1n) is 3.00. The molecule has 0 unspecified atom stereocenters. The topological polar surface area (TPSA) is 57.1 Å². The Morgan fingerprint density at radius 3 is 2.82 bits per heavy atom. The summed E-state index contributed by atoms with van der Waals surface area (Å²) in [4.78, 5) is 14.9. The Morgan fingerprint density at radius 2 is 2.27 bits per heavy atom. The van der Waals surface area contributed by atoms with Crippen LogP contribution in [0.15, 0.2) is 5.16 Å². The highest BCUT2D eigenvalue weighted by Gasteiger charge is 1.96. The van der Waals surface area contributed by atoms with Crippen molar-refractivity contribution in [2.75, 3.05) is 27.4 Å². The third-order valence-corrected chi connectivity index (χ3v) is 0.800. The SMILES string of the molecule is COC/C=N/OCC(=O)OC. The van der Waals surface area contributed by atoms with Crippen LogP contribution in [0.1, 0.15) is 0 Å². The number of methoxy groups -OCH3 is 2. The summed E-state index contributed by atoms with van der Waals surface area (Å²) in [7, 11) is 2.82. The Morgan fingerprint density at radius 1 is 1.55 bits per heavy atom. The zero-order valence-corrected chi connectivity index (χ0v) is 6.57. The maximum absolute atomic E-state index is 10.4. The number of hydrogen-bond acceptors (Lipinski definition) is 5. The van der Waals surface area contributed by atoms with Gasteiger partial charge in [-0.05, 0) is 0 Å². The van der Waals surface area contributed by atoms with Crippen molar-refractivity contribution in [2.45, 2.75) is 0 Å². The Bertz CT molecular complexity index is 135. The molecule has 0 atom stereocenters. The van der Waals surface area contributed by atoms with Gasteiger partial charge >= 0.3 is 5.97 Å². The predicted molar refractivity (Wildman–Crippen MR) is 38.3 cm³/mol. The van der Waals surface area contributed by atoms with Crippen molar-refractivity contribution < 1.29 is 19.1 Å². The van der Waals surface area contributed by atoms with Crippen molar-refractivity contribution in [3.05, 3.63) is 0 Å². The van der Waals surface area contributed by atoms with Gasteiger partial charge in [-0.3, -0.25) is 0 Å². The average molecular weight is 161 g/mol. The average Bonchev–Trinajstić information content (AvgIpc) is 2.04. The van der Waals surface area contributed by atoms with Crippen LogP contribution in [0.25, 0.3) is 0 Å². The summed E-state index contributed by atoms with van der Waals surface area (Å²) in [6.07, 6.45) is 1.41. The van der Waals surface area contributed by atoms with Gasteiger partial charge in [-0.2, -0.15) is 0 Å². The predicted octanol–water partition coefficient (Wildman–Crippen LogP) is -0.192. The number of hydrogen-bond donors (Lipinski definition) is 0. The highest BCUT2D eigenvalue weighted by molar-refractivity contribution is 5.70. The normalized spacial score (nSPS) is 10.0. The van der Waals surface area contributed by atoms with Gasteiger partial charge in [0.15, 0.2) is 0 Å². The van der Waals surface area contributed by atoms with Gasteiger partial charge in [-0.1, -0.05) is 5.16 Å². The van der Waals surface area contributed by atoms with Gasteiger partial charge in [0.05, 0.1) is 19.9 Å². The first kappa shape index (κ1) is 9.90. The van der Waals surface area contributed by atoms with E-state index in [4.69, 9.17) is 0 Å². The molecule has 0 heterocycles. The minimum atomic E-state index is -0.459. The lowest BCUT2D eigenvalue weighted by molar-refractivity contribution is -0.145. The van der Waals surface area contributed by atoms with Crippen LogP contribution in [-0.2, 0) is 19.1 Å². The molecule has 0 amide bonds. The van der Waals surface area contributed by atoms with Crippen molar-refractivity contribution in [3.8, 4) is 0 Å². The fraction of sp³-hybridized carbons (Fsp3) is 0.667. The first-order valence-corrected chi connectivity index (χ1v) is 3.00. The first-order chi connectivity index (χ1) is 5.31. The standard InChI is InChI=1S/C6H11NO4/c1-9-4-3-7-11-5-6(8)10-2/h3H,4-5H2,1-2H3/b7-3+.